The zero-order chi connectivity index (χ0) is 14.8. The Hall–Kier alpha value is -2.75. The van der Waals surface area contributed by atoms with Crippen molar-refractivity contribution in [3.8, 4) is 0 Å². The Morgan fingerprint density at radius 2 is 1.52 bits per heavy atom. The van der Waals surface area contributed by atoms with E-state index in [4.69, 9.17) is 0 Å². The summed E-state index contributed by atoms with van der Waals surface area (Å²) in [4.78, 5) is 12.3. The van der Waals surface area contributed by atoms with Gasteiger partial charge < -0.3 is 5.32 Å². The highest BCUT2D eigenvalue weighted by Crippen LogP contribution is 2.20. The fourth-order valence-electron chi connectivity index (χ4n) is 2.25. The van der Waals surface area contributed by atoms with E-state index in [1.165, 1.54) is 0 Å². The number of amides is 1. The maximum absolute atomic E-state index is 13.1. The molecule has 0 heterocycles. The molecule has 1 N–H and O–H groups in total. The van der Waals surface area contributed by atoms with Crippen LogP contribution in [0.4, 0.5) is 14.5 Å². The molecule has 104 valence electrons. The molecule has 0 aliphatic heterocycles. The molecule has 3 rings (SSSR count). The Balaban J connectivity index is 1.97. The summed E-state index contributed by atoms with van der Waals surface area (Å²) in [5, 5.41) is 4.23. The van der Waals surface area contributed by atoms with Gasteiger partial charge in [-0.3, -0.25) is 4.79 Å². The number of halogens is 2. The molecule has 0 radical (unpaired) electrons. The SMILES string of the molecule is O=C(Nc1cc(F)cc(F)c1)c1cccc2ccccc12. The number of benzene rings is 3. The number of carbonyl (C=O) groups is 1. The topological polar surface area (TPSA) is 29.1 Å². The Kier molecular flexibility index (Phi) is 3.36. The van der Waals surface area contributed by atoms with E-state index in [1.807, 2.05) is 30.3 Å². The minimum absolute atomic E-state index is 0.0884. The molecular formula is C17H11F2NO. The van der Waals surface area contributed by atoms with Crippen molar-refractivity contribution in [3.63, 3.8) is 0 Å². The van der Waals surface area contributed by atoms with E-state index in [9.17, 15) is 13.6 Å². The minimum atomic E-state index is -0.733. The summed E-state index contributed by atoms with van der Waals surface area (Å²) in [6.07, 6.45) is 0. The van der Waals surface area contributed by atoms with E-state index in [0.717, 1.165) is 29.0 Å². The quantitative estimate of drug-likeness (QED) is 0.743. The fraction of sp³-hybridized carbons (Fsp3) is 0. The van der Waals surface area contributed by atoms with Gasteiger partial charge in [0.15, 0.2) is 0 Å². The average molecular weight is 283 g/mol. The monoisotopic (exact) mass is 283 g/mol. The van der Waals surface area contributed by atoms with Gasteiger partial charge in [0.1, 0.15) is 11.6 Å². The molecule has 4 heteroatoms. The molecule has 0 fully saturated rings. The number of nitrogens with one attached hydrogen (secondary N) is 1. The molecule has 3 aromatic carbocycles. The minimum Gasteiger partial charge on any atom is -0.322 e. The summed E-state index contributed by atoms with van der Waals surface area (Å²) in [7, 11) is 0. The van der Waals surface area contributed by atoms with Gasteiger partial charge in [-0.25, -0.2) is 8.78 Å². The molecule has 1 amide bonds. The van der Waals surface area contributed by atoms with Crippen LogP contribution in [0.1, 0.15) is 10.4 Å². The van der Waals surface area contributed by atoms with Gasteiger partial charge in [0, 0.05) is 17.3 Å². The highest BCUT2D eigenvalue weighted by molar-refractivity contribution is 6.12. The van der Waals surface area contributed by atoms with Gasteiger partial charge in [-0.2, -0.15) is 0 Å². The molecule has 0 unspecified atom stereocenters. The molecule has 21 heavy (non-hydrogen) atoms. The van der Waals surface area contributed by atoms with E-state index in [0.29, 0.717) is 5.56 Å². The first-order valence-electron chi connectivity index (χ1n) is 6.39. The fourth-order valence-corrected chi connectivity index (χ4v) is 2.25. The van der Waals surface area contributed by atoms with Crippen LogP contribution in [0.15, 0.2) is 60.7 Å². The van der Waals surface area contributed by atoms with Gasteiger partial charge in [-0.15, -0.1) is 0 Å². The summed E-state index contributed by atoms with van der Waals surface area (Å²) in [6, 6.07) is 15.7. The van der Waals surface area contributed by atoms with Crippen molar-refractivity contribution in [2.24, 2.45) is 0 Å². The van der Waals surface area contributed by atoms with Crippen LogP contribution in [0.2, 0.25) is 0 Å². The lowest BCUT2D eigenvalue weighted by atomic mass is 10.0. The molecule has 0 spiro atoms. The first-order valence-corrected chi connectivity index (χ1v) is 6.39. The number of hydrogen-bond donors (Lipinski definition) is 1. The molecule has 0 aliphatic carbocycles. The smallest absolute Gasteiger partial charge is 0.256 e. The van der Waals surface area contributed by atoms with Crippen molar-refractivity contribution in [1.29, 1.82) is 0 Å². The van der Waals surface area contributed by atoms with Crippen LogP contribution in [-0.4, -0.2) is 5.91 Å². The van der Waals surface area contributed by atoms with Crippen LogP contribution in [-0.2, 0) is 0 Å². The van der Waals surface area contributed by atoms with Crippen molar-refractivity contribution < 1.29 is 13.6 Å². The van der Waals surface area contributed by atoms with Gasteiger partial charge in [-0.05, 0) is 29.0 Å². The van der Waals surface area contributed by atoms with Gasteiger partial charge >= 0.3 is 0 Å². The number of rotatable bonds is 2. The zero-order valence-corrected chi connectivity index (χ0v) is 10.9. The van der Waals surface area contributed by atoms with E-state index >= 15 is 0 Å². The van der Waals surface area contributed by atoms with Crippen molar-refractivity contribution in [2.45, 2.75) is 0 Å². The average Bonchev–Trinajstić information content (AvgIpc) is 2.45. The zero-order valence-electron chi connectivity index (χ0n) is 10.9. The molecule has 0 bridgehead atoms. The summed E-state index contributed by atoms with van der Waals surface area (Å²) in [5.41, 5.74) is 0.545. The normalized spacial score (nSPS) is 10.6. The van der Waals surface area contributed by atoms with Crippen molar-refractivity contribution in [1.82, 2.24) is 0 Å². The molecule has 0 saturated heterocycles. The second-order valence-corrected chi connectivity index (χ2v) is 4.64. The molecule has 0 aromatic heterocycles. The highest BCUT2D eigenvalue weighted by atomic mass is 19.1. The molecule has 3 aromatic rings. The van der Waals surface area contributed by atoms with E-state index < -0.39 is 17.5 Å². The van der Waals surface area contributed by atoms with Crippen molar-refractivity contribution >= 4 is 22.4 Å². The number of hydrogen-bond acceptors (Lipinski definition) is 1. The number of fused-ring (bicyclic) bond motifs is 1. The summed E-state index contributed by atoms with van der Waals surface area (Å²) in [5.74, 6) is -1.87. The predicted molar refractivity (Wildman–Crippen MR) is 78.3 cm³/mol. The largest absolute Gasteiger partial charge is 0.322 e. The summed E-state index contributed by atoms with van der Waals surface area (Å²) >= 11 is 0. The molecule has 0 saturated carbocycles. The second-order valence-electron chi connectivity index (χ2n) is 4.64. The molecule has 0 aliphatic rings. The summed E-state index contributed by atoms with van der Waals surface area (Å²) in [6.45, 7) is 0. The number of anilines is 1. The van der Waals surface area contributed by atoms with Crippen molar-refractivity contribution in [3.05, 3.63) is 77.9 Å². The highest BCUT2D eigenvalue weighted by Gasteiger charge is 2.11. The number of carbonyl (C=O) groups excluding carboxylic acids is 1. The standard InChI is InChI=1S/C17H11F2NO/c18-12-8-13(19)10-14(9-12)20-17(21)16-7-3-5-11-4-1-2-6-15(11)16/h1-10H,(H,20,21). The first kappa shape index (κ1) is 13.2. The van der Waals surface area contributed by atoms with Crippen LogP contribution >= 0.6 is 0 Å². The third-order valence-electron chi connectivity index (χ3n) is 3.15. The predicted octanol–water partition coefficient (Wildman–Crippen LogP) is 4.37. The first-order chi connectivity index (χ1) is 10.1. The van der Waals surface area contributed by atoms with Crippen LogP contribution in [0.3, 0.4) is 0 Å². The Morgan fingerprint density at radius 1 is 0.857 bits per heavy atom. The van der Waals surface area contributed by atoms with Crippen LogP contribution < -0.4 is 5.32 Å². The Morgan fingerprint density at radius 3 is 2.29 bits per heavy atom. The third kappa shape index (κ3) is 2.74. The van der Waals surface area contributed by atoms with Crippen LogP contribution in [0, 0.1) is 11.6 Å². The third-order valence-corrected chi connectivity index (χ3v) is 3.15. The Labute approximate surface area is 120 Å². The van der Waals surface area contributed by atoms with Crippen LogP contribution in [0.5, 0.6) is 0 Å². The lowest BCUT2D eigenvalue weighted by molar-refractivity contribution is 0.102. The molecule has 0 atom stereocenters. The van der Waals surface area contributed by atoms with Gasteiger partial charge in [0.2, 0.25) is 0 Å². The van der Waals surface area contributed by atoms with Crippen molar-refractivity contribution in [2.75, 3.05) is 5.32 Å². The lowest BCUT2D eigenvalue weighted by Crippen LogP contribution is -2.12. The van der Waals surface area contributed by atoms with Gasteiger partial charge in [0.05, 0.1) is 0 Å². The van der Waals surface area contributed by atoms with Gasteiger partial charge in [-0.1, -0.05) is 36.4 Å². The van der Waals surface area contributed by atoms with E-state index in [-0.39, 0.29) is 5.69 Å². The molecule has 2 nitrogen and oxygen atoms in total. The lowest BCUT2D eigenvalue weighted by Gasteiger charge is -2.08. The van der Waals surface area contributed by atoms with Gasteiger partial charge in [0.25, 0.3) is 5.91 Å². The van der Waals surface area contributed by atoms with Crippen LogP contribution in [0.25, 0.3) is 10.8 Å². The summed E-state index contributed by atoms with van der Waals surface area (Å²) < 4.78 is 26.3. The maximum atomic E-state index is 13.1. The Bertz CT molecular complexity index is 804. The van der Waals surface area contributed by atoms with E-state index in [2.05, 4.69) is 5.32 Å². The second kappa shape index (κ2) is 5.32. The van der Waals surface area contributed by atoms with E-state index in [1.54, 1.807) is 12.1 Å². The maximum Gasteiger partial charge on any atom is 0.256 e. The molecular weight excluding hydrogens is 272 g/mol.